The molecule has 2 N–H and O–H groups in total. The van der Waals surface area contributed by atoms with Gasteiger partial charge in [0, 0.05) is 19.7 Å². The van der Waals surface area contributed by atoms with Gasteiger partial charge in [0.1, 0.15) is 11.6 Å². The average Bonchev–Trinajstić information content (AvgIpc) is 2.28. The highest BCUT2D eigenvalue weighted by molar-refractivity contribution is 5.94. The smallest absolute Gasteiger partial charge is 0.254 e. The highest BCUT2D eigenvalue weighted by atomic mass is 19.1. The van der Waals surface area contributed by atoms with E-state index >= 15 is 0 Å². The molecule has 0 saturated carbocycles. The fraction of sp³-hybridized carbons (Fsp3) is 0.462. The van der Waals surface area contributed by atoms with E-state index in [9.17, 15) is 9.18 Å². The number of nitrogens with one attached hydrogen (secondary N) is 1. The van der Waals surface area contributed by atoms with Gasteiger partial charge in [0.2, 0.25) is 0 Å². The number of carbonyl (C=O) groups excluding carboxylic acids is 1. The van der Waals surface area contributed by atoms with Crippen molar-refractivity contribution < 1.29 is 19.0 Å². The van der Waals surface area contributed by atoms with Gasteiger partial charge < -0.3 is 15.2 Å². The number of phenolic OH excluding ortho intramolecular Hbond substituents is 1. The molecule has 0 aromatic heterocycles. The van der Waals surface area contributed by atoms with Gasteiger partial charge in [0.15, 0.2) is 0 Å². The molecular formula is C13H18FNO3. The van der Waals surface area contributed by atoms with E-state index < -0.39 is 11.7 Å². The summed E-state index contributed by atoms with van der Waals surface area (Å²) in [7, 11) is 1.60. The van der Waals surface area contributed by atoms with Crippen molar-refractivity contribution in [2.75, 3.05) is 13.7 Å². The molecule has 1 aromatic rings. The van der Waals surface area contributed by atoms with E-state index in [1.54, 1.807) is 7.11 Å². The third-order valence-electron chi connectivity index (χ3n) is 2.76. The molecule has 0 aliphatic rings. The fourth-order valence-corrected chi connectivity index (χ4v) is 1.36. The van der Waals surface area contributed by atoms with Crippen molar-refractivity contribution in [3.05, 3.63) is 29.6 Å². The maximum absolute atomic E-state index is 13.4. The van der Waals surface area contributed by atoms with Gasteiger partial charge >= 0.3 is 0 Å². The first-order valence-corrected chi connectivity index (χ1v) is 5.67. The van der Waals surface area contributed by atoms with E-state index in [1.165, 1.54) is 12.1 Å². The Morgan fingerprint density at radius 1 is 1.50 bits per heavy atom. The predicted octanol–water partition coefficient (Wildman–Crippen LogP) is 2.08. The molecule has 0 heterocycles. The number of ether oxygens (including phenoxy) is 1. The molecule has 0 aliphatic heterocycles. The summed E-state index contributed by atoms with van der Waals surface area (Å²) in [5, 5.41) is 11.7. The van der Waals surface area contributed by atoms with Crippen LogP contribution < -0.4 is 5.32 Å². The second-order valence-electron chi connectivity index (χ2n) is 4.63. The van der Waals surface area contributed by atoms with Crippen LogP contribution in [0.15, 0.2) is 18.2 Å². The minimum Gasteiger partial charge on any atom is -0.508 e. The molecule has 0 radical (unpaired) electrons. The Balaban J connectivity index is 2.56. The van der Waals surface area contributed by atoms with Crippen LogP contribution in [0.3, 0.4) is 0 Å². The number of amides is 1. The van der Waals surface area contributed by atoms with Crippen molar-refractivity contribution in [3.63, 3.8) is 0 Å². The topological polar surface area (TPSA) is 58.6 Å². The van der Waals surface area contributed by atoms with E-state index in [-0.39, 0.29) is 16.9 Å². The minimum atomic E-state index is -0.737. The summed E-state index contributed by atoms with van der Waals surface area (Å²) < 4.78 is 18.6. The number of rotatable bonds is 5. The number of hydrogen-bond acceptors (Lipinski definition) is 3. The molecule has 4 nitrogen and oxygen atoms in total. The molecule has 0 saturated heterocycles. The van der Waals surface area contributed by atoms with E-state index in [4.69, 9.17) is 9.84 Å². The summed E-state index contributed by atoms with van der Waals surface area (Å²) in [5.74, 6) is -1.44. The number of benzene rings is 1. The molecular weight excluding hydrogens is 237 g/mol. The first-order valence-electron chi connectivity index (χ1n) is 5.67. The number of halogens is 1. The molecule has 1 aromatic carbocycles. The van der Waals surface area contributed by atoms with Crippen molar-refractivity contribution in [1.82, 2.24) is 5.32 Å². The summed E-state index contributed by atoms with van der Waals surface area (Å²) >= 11 is 0. The lowest BCUT2D eigenvalue weighted by atomic mass is 10.1. The maximum atomic E-state index is 13.4. The van der Waals surface area contributed by atoms with E-state index in [1.807, 2.05) is 13.8 Å². The zero-order chi connectivity index (χ0) is 13.8. The molecule has 0 unspecified atom stereocenters. The number of carbonyl (C=O) groups is 1. The zero-order valence-corrected chi connectivity index (χ0v) is 10.8. The normalized spacial score (nSPS) is 11.3. The lowest BCUT2D eigenvalue weighted by molar-refractivity contribution is 0.0160. The largest absolute Gasteiger partial charge is 0.508 e. The van der Waals surface area contributed by atoms with Crippen molar-refractivity contribution in [1.29, 1.82) is 0 Å². The van der Waals surface area contributed by atoms with Gasteiger partial charge in [0.25, 0.3) is 5.91 Å². The van der Waals surface area contributed by atoms with Crippen LogP contribution in [-0.2, 0) is 4.74 Å². The molecule has 0 fully saturated rings. The minimum absolute atomic E-state index is 0.0805. The fourth-order valence-electron chi connectivity index (χ4n) is 1.36. The van der Waals surface area contributed by atoms with Crippen molar-refractivity contribution >= 4 is 5.91 Å². The SMILES string of the molecule is COC(C)(C)CCNC(=O)c1ccc(O)cc1F. The van der Waals surface area contributed by atoms with Gasteiger partial charge in [-0.3, -0.25) is 4.79 Å². The Morgan fingerprint density at radius 3 is 2.72 bits per heavy atom. The van der Waals surface area contributed by atoms with Gasteiger partial charge in [-0.1, -0.05) is 0 Å². The molecule has 0 aliphatic carbocycles. The van der Waals surface area contributed by atoms with Crippen LogP contribution in [0.4, 0.5) is 4.39 Å². The molecule has 5 heteroatoms. The molecule has 18 heavy (non-hydrogen) atoms. The number of methoxy groups -OCH3 is 1. The van der Waals surface area contributed by atoms with Crippen molar-refractivity contribution in [2.45, 2.75) is 25.9 Å². The summed E-state index contributed by atoms with van der Waals surface area (Å²) in [5.41, 5.74) is -0.413. The number of phenols is 1. The van der Waals surface area contributed by atoms with Crippen molar-refractivity contribution in [3.8, 4) is 5.75 Å². The van der Waals surface area contributed by atoms with Crippen LogP contribution in [-0.4, -0.2) is 30.3 Å². The van der Waals surface area contributed by atoms with E-state index in [2.05, 4.69) is 5.32 Å². The summed E-state index contributed by atoms with van der Waals surface area (Å²) in [6.07, 6.45) is 0.620. The van der Waals surface area contributed by atoms with Gasteiger partial charge in [-0.15, -0.1) is 0 Å². The number of aromatic hydroxyl groups is 1. The number of hydrogen-bond donors (Lipinski definition) is 2. The van der Waals surface area contributed by atoms with Gasteiger partial charge in [-0.05, 0) is 32.4 Å². The van der Waals surface area contributed by atoms with Crippen LogP contribution in [0.25, 0.3) is 0 Å². The first kappa shape index (κ1) is 14.4. The monoisotopic (exact) mass is 255 g/mol. The maximum Gasteiger partial charge on any atom is 0.254 e. The zero-order valence-electron chi connectivity index (χ0n) is 10.8. The lowest BCUT2D eigenvalue weighted by Gasteiger charge is -2.22. The van der Waals surface area contributed by atoms with E-state index in [0.717, 1.165) is 6.07 Å². The Hall–Kier alpha value is -1.62. The third kappa shape index (κ3) is 4.00. The molecule has 0 bridgehead atoms. The highest BCUT2D eigenvalue weighted by Crippen LogP contribution is 2.15. The second kappa shape index (κ2) is 5.82. The Morgan fingerprint density at radius 2 is 2.17 bits per heavy atom. The molecule has 100 valence electrons. The third-order valence-corrected chi connectivity index (χ3v) is 2.76. The predicted molar refractivity (Wildman–Crippen MR) is 66.1 cm³/mol. The van der Waals surface area contributed by atoms with E-state index in [0.29, 0.717) is 13.0 Å². The van der Waals surface area contributed by atoms with Crippen LogP contribution in [0.2, 0.25) is 0 Å². The van der Waals surface area contributed by atoms with Gasteiger partial charge in [0.05, 0.1) is 11.2 Å². The van der Waals surface area contributed by atoms with Gasteiger partial charge in [-0.2, -0.15) is 0 Å². The summed E-state index contributed by atoms with van der Waals surface area (Å²) in [6, 6.07) is 3.44. The summed E-state index contributed by atoms with van der Waals surface area (Å²) in [6.45, 7) is 4.20. The second-order valence-corrected chi connectivity index (χ2v) is 4.63. The molecule has 1 amide bonds. The van der Waals surface area contributed by atoms with Crippen LogP contribution in [0, 0.1) is 5.82 Å². The first-order chi connectivity index (χ1) is 8.35. The molecule has 0 spiro atoms. The molecule has 0 atom stereocenters. The van der Waals surface area contributed by atoms with Gasteiger partial charge in [-0.25, -0.2) is 4.39 Å². The van der Waals surface area contributed by atoms with Crippen LogP contribution in [0.5, 0.6) is 5.75 Å². The Bertz CT molecular complexity index is 432. The van der Waals surface area contributed by atoms with Crippen molar-refractivity contribution in [2.24, 2.45) is 0 Å². The molecule has 1 rings (SSSR count). The van der Waals surface area contributed by atoms with Crippen LogP contribution in [0.1, 0.15) is 30.6 Å². The quantitative estimate of drug-likeness (QED) is 0.846. The Labute approximate surface area is 106 Å². The standard InChI is InChI=1S/C13H18FNO3/c1-13(2,18-3)6-7-15-12(17)10-5-4-9(16)8-11(10)14/h4-5,8,16H,6-7H2,1-3H3,(H,15,17). The lowest BCUT2D eigenvalue weighted by Crippen LogP contribution is -2.32. The summed E-state index contributed by atoms with van der Waals surface area (Å²) in [4.78, 5) is 11.7. The Kier molecular flexibility index (Phi) is 4.67. The van der Waals surface area contributed by atoms with Crippen LogP contribution >= 0.6 is 0 Å². The highest BCUT2D eigenvalue weighted by Gasteiger charge is 2.17. The average molecular weight is 255 g/mol.